The second kappa shape index (κ2) is 7.96. The quantitative estimate of drug-likeness (QED) is 0.659. The molecular formula is C17H24N6O2. The summed E-state index contributed by atoms with van der Waals surface area (Å²) in [7, 11) is 0. The van der Waals surface area contributed by atoms with Crippen LogP contribution in [0.5, 0.6) is 0 Å². The Morgan fingerprint density at radius 3 is 2.88 bits per heavy atom. The average Bonchev–Trinajstić information content (AvgIpc) is 3.02. The molecule has 2 aromatic heterocycles. The second-order valence-electron chi connectivity index (χ2n) is 6.07. The van der Waals surface area contributed by atoms with Gasteiger partial charge in [-0.1, -0.05) is 5.16 Å². The number of aryl methyl sites for hydroxylation is 2. The topological polar surface area (TPSA) is 105 Å². The molecule has 0 aliphatic heterocycles. The van der Waals surface area contributed by atoms with E-state index in [1.807, 2.05) is 19.9 Å². The van der Waals surface area contributed by atoms with E-state index in [0.717, 1.165) is 55.1 Å². The summed E-state index contributed by atoms with van der Waals surface area (Å²) in [5.41, 5.74) is 2.28. The molecule has 1 amide bonds. The van der Waals surface area contributed by atoms with Gasteiger partial charge in [0.15, 0.2) is 5.69 Å². The first-order chi connectivity index (χ1) is 12.2. The van der Waals surface area contributed by atoms with Gasteiger partial charge in [0.2, 0.25) is 5.95 Å². The Morgan fingerprint density at radius 2 is 2.04 bits per heavy atom. The van der Waals surface area contributed by atoms with Gasteiger partial charge < -0.3 is 20.5 Å². The van der Waals surface area contributed by atoms with E-state index in [4.69, 9.17) is 4.52 Å². The molecule has 8 heteroatoms. The van der Waals surface area contributed by atoms with Crippen LogP contribution in [-0.4, -0.2) is 40.7 Å². The van der Waals surface area contributed by atoms with Crippen LogP contribution in [0.4, 0.5) is 11.8 Å². The summed E-state index contributed by atoms with van der Waals surface area (Å²) >= 11 is 0. The summed E-state index contributed by atoms with van der Waals surface area (Å²) in [5.74, 6) is 2.02. The van der Waals surface area contributed by atoms with Gasteiger partial charge in [0, 0.05) is 43.4 Å². The minimum absolute atomic E-state index is 0.180. The molecule has 0 aromatic carbocycles. The van der Waals surface area contributed by atoms with E-state index in [0.29, 0.717) is 24.7 Å². The van der Waals surface area contributed by atoms with Crippen molar-refractivity contribution < 1.29 is 9.32 Å². The Labute approximate surface area is 146 Å². The number of carbonyl (C=O) groups excluding carboxylic acids is 1. The van der Waals surface area contributed by atoms with Crippen LogP contribution in [0.3, 0.4) is 0 Å². The van der Waals surface area contributed by atoms with E-state index in [-0.39, 0.29) is 5.91 Å². The highest BCUT2D eigenvalue weighted by Gasteiger charge is 2.23. The van der Waals surface area contributed by atoms with Gasteiger partial charge in [0.25, 0.3) is 5.91 Å². The van der Waals surface area contributed by atoms with Crippen LogP contribution in [-0.2, 0) is 12.8 Å². The number of aromatic nitrogens is 3. The van der Waals surface area contributed by atoms with E-state index >= 15 is 0 Å². The average molecular weight is 344 g/mol. The molecule has 2 aromatic rings. The summed E-state index contributed by atoms with van der Waals surface area (Å²) < 4.78 is 5.28. The molecule has 0 unspecified atom stereocenters. The number of hydrogen-bond donors (Lipinski definition) is 3. The van der Waals surface area contributed by atoms with Crippen molar-refractivity contribution in [2.24, 2.45) is 0 Å². The Kier molecular flexibility index (Phi) is 5.47. The predicted molar refractivity (Wildman–Crippen MR) is 94.9 cm³/mol. The van der Waals surface area contributed by atoms with Crippen LogP contribution in [0.1, 0.15) is 47.3 Å². The Bertz CT molecular complexity index is 743. The minimum Gasteiger partial charge on any atom is -0.368 e. The van der Waals surface area contributed by atoms with E-state index in [2.05, 4.69) is 31.1 Å². The van der Waals surface area contributed by atoms with Crippen molar-refractivity contribution in [1.29, 1.82) is 0 Å². The molecule has 0 saturated heterocycles. The Hall–Kier alpha value is -2.64. The Morgan fingerprint density at radius 1 is 1.20 bits per heavy atom. The zero-order valence-electron chi connectivity index (χ0n) is 14.7. The number of carbonyl (C=O) groups is 1. The van der Waals surface area contributed by atoms with Crippen LogP contribution >= 0.6 is 0 Å². The summed E-state index contributed by atoms with van der Waals surface area (Å²) in [6, 6.07) is 1.87. The monoisotopic (exact) mass is 344 g/mol. The molecule has 3 N–H and O–H groups in total. The van der Waals surface area contributed by atoms with Crippen molar-refractivity contribution in [2.75, 3.05) is 30.3 Å². The molecule has 1 aliphatic carbocycles. The molecule has 0 spiro atoms. The maximum Gasteiger partial charge on any atom is 0.273 e. The summed E-state index contributed by atoms with van der Waals surface area (Å²) in [6.07, 6.45) is 3.92. The van der Waals surface area contributed by atoms with Crippen molar-refractivity contribution in [2.45, 2.75) is 39.5 Å². The number of rotatable bonds is 7. The van der Waals surface area contributed by atoms with Crippen LogP contribution in [0, 0.1) is 6.92 Å². The van der Waals surface area contributed by atoms with Gasteiger partial charge in [0.05, 0.1) is 0 Å². The number of nitrogens with one attached hydrogen (secondary N) is 3. The standard InChI is InChI=1S/C17H24N6O2/c1-3-18-17-21-11(2)10-14(22-17)19-8-9-20-16(24)15-12-6-4-5-7-13(12)25-23-15/h10H,3-9H2,1-2H3,(H,20,24)(H2,18,19,21,22). The minimum atomic E-state index is -0.180. The van der Waals surface area contributed by atoms with Crippen molar-refractivity contribution in [3.63, 3.8) is 0 Å². The fourth-order valence-corrected chi connectivity index (χ4v) is 2.91. The van der Waals surface area contributed by atoms with Gasteiger partial charge in [-0.05, 0) is 33.1 Å². The van der Waals surface area contributed by atoms with Gasteiger partial charge in [-0.15, -0.1) is 0 Å². The van der Waals surface area contributed by atoms with Gasteiger partial charge in [-0.2, -0.15) is 4.98 Å². The SMILES string of the molecule is CCNc1nc(C)cc(NCCNC(=O)c2noc3c2CCCC3)n1. The molecular weight excluding hydrogens is 320 g/mol. The first kappa shape index (κ1) is 17.2. The highest BCUT2D eigenvalue weighted by molar-refractivity contribution is 5.93. The number of nitrogens with zero attached hydrogens (tertiary/aromatic N) is 3. The third kappa shape index (κ3) is 4.26. The van der Waals surface area contributed by atoms with E-state index in [9.17, 15) is 4.79 Å². The first-order valence-corrected chi connectivity index (χ1v) is 8.76. The van der Waals surface area contributed by atoms with Crippen molar-refractivity contribution in [3.8, 4) is 0 Å². The zero-order chi connectivity index (χ0) is 17.6. The first-order valence-electron chi connectivity index (χ1n) is 8.76. The molecule has 134 valence electrons. The van der Waals surface area contributed by atoms with Gasteiger partial charge in [-0.3, -0.25) is 4.79 Å². The number of anilines is 2. The lowest BCUT2D eigenvalue weighted by Gasteiger charge is -2.10. The third-order valence-corrected chi connectivity index (χ3v) is 4.07. The number of fused-ring (bicyclic) bond motifs is 1. The smallest absolute Gasteiger partial charge is 0.273 e. The molecule has 0 atom stereocenters. The second-order valence-corrected chi connectivity index (χ2v) is 6.07. The van der Waals surface area contributed by atoms with E-state index in [1.54, 1.807) is 0 Å². The molecule has 0 bridgehead atoms. The highest BCUT2D eigenvalue weighted by Crippen LogP contribution is 2.23. The summed E-state index contributed by atoms with van der Waals surface area (Å²) in [6.45, 7) is 5.72. The van der Waals surface area contributed by atoms with Crippen LogP contribution < -0.4 is 16.0 Å². The molecule has 8 nitrogen and oxygen atoms in total. The molecule has 2 heterocycles. The lowest BCUT2D eigenvalue weighted by Crippen LogP contribution is -2.30. The predicted octanol–water partition coefficient (Wildman–Crippen LogP) is 1.93. The molecule has 3 rings (SSSR count). The van der Waals surface area contributed by atoms with Gasteiger partial charge >= 0.3 is 0 Å². The van der Waals surface area contributed by atoms with Crippen LogP contribution in [0.15, 0.2) is 10.6 Å². The van der Waals surface area contributed by atoms with Gasteiger partial charge in [-0.25, -0.2) is 4.98 Å². The normalized spacial score (nSPS) is 13.2. The number of hydrogen-bond acceptors (Lipinski definition) is 7. The fourth-order valence-electron chi connectivity index (χ4n) is 2.91. The molecule has 0 fully saturated rings. The van der Waals surface area contributed by atoms with E-state index < -0.39 is 0 Å². The zero-order valence-corrected chi connectivity index (χ0v) is 14.7. The molecule has 0 radical (unpaired) electrons. The lowest BCUT2D eigenvalue weighted by molar-refractivity contribution is 0.0945. The lowest BCUT2D eigenvalue weighted by atomic mass is 9.96. The maximum atomic E-state index is 12.3. The van der Waals surface area contributed by atoms with Crippen molar-refractivity contribution in [3.05, 3.63) is 28.8 Å². The Balaban J connectivity index is 1.50. The number of amides is 1. The van der Waals surface area contributed by atoms with Crippen LogP contribution in [0.2, 0.25) is 0 Å². The maximum absolute atomic E-state index is 12.3. The largest absolute Gasteiger partial charge is 0.368 e. The summed E-state index contributed by atoms with van der Waals surface area (Å²) in [4.78, 5) is 21.0. The molecule has 0 saturated carbocycles. The van der Waals surface area contributed by atoms with Crippen LogP contribution in [0.25, 0.3) is 0 Å². The molecule has 25 heavy (non-hydrogen) atoms. The van der Waals surface area contributed by atoms with E-state index in [1.165, 1.54) is 0 Å². The third-order valence-electron chi connectivity index (χ3n) is 4.07. The van der Waals surface area contributed by atoms with Crippen molar-refractivity contribution in [1.82, 2.24) is 20.4 Å². The molecule has 1 aliphatic rings. The highest BCUT2D eigenvalue weighted by atomic mass is 16.5. The summed E-state index contributed by atoms with van der Waals surface area (Å²) in [5, 5.41) is 13.1. The van der Waals surface area contributed by atoms with Crippen molar-refractivity contribution >= 4 is 17.7 Å². The van der Waals surface area contributed by atoms with Gasteiger partial charge in [0.1, 0.15) is 11.6 Å². The fraction of sp³-hybridized carbons (Fsp3) is 0.529.